The Morgan fingerprint density at radius 2 is 1.93 bits per heavy atom. The van der Waals surface area contributed by atoms with Crippen molar-refractivity contribution in [2.75, 3.05) is 6.61 Å². The van der Waals surface area contributed by atoms with Crippen molar-refractivity contribution < 1.29 is 24.1 Å². The molecule has 3 rings (SSSR count). The van der Waals surface area contributed by atoms with Gasteiger partial charge in [0.05, 0.1) is 12.2 Å². The summed E-state index contributed by atoms with van der Waals surface area (Å²) >= 11 is 3.50. The van der Waals surface area contributed by atoms with Crippen LogP contribution in [0.25, 0.3) is 0 Å². The molecule has 2 aromatic rings. The molecule has 1 heterocycles. The zero-order valence-corrected chi connectivity index (χ0v) is 17.6. The van der Waals surface area contributed by atoms with Crippen LogP contribution in [0.2, 0.25) is 0 Å². The largest absolute Gasteiger partial charge is 0.485 e. The molecule has 1 N–H and O–H groups in total. The minimum atomic E-state index is -0.936. The van der Waals surface area contributed by atoms with E-state index in [0.717, 1.165) is 24.0 Å². The second-order valence-corrected chi connectivity index (χ2v) is 8.26. The van der Waals surface area contributed by atoms with Crippen LogP contribution >= 0.6 is 15.9 Å². The van der Waals surface area contributed by atoms with Gasteiger partial charge in [-0.3, -0.25) is 0 Å². The molecule has 0 radical (unpaired) electrons. The van der Waals surface area contributed by atoms with E-state index in [1.807, 2.05) is 36.4 Å². The van der Waals surface area contributed by atoms with Crippen LogP contribution in [0.15, 0.2) is 48.5 Å². The number of benzene rings is 2. The molecule has 28 heavy (non-hydrogen) atoms. The van der Waals surface area contributed by atoms with E-state index in [1.54, 1.807) is 12.1 Å². The van der Waals surface area contributed by atoms with Gasteiger partial charge in [-0.1, -0.05) is 60.1 Å². The molecular weight excluding hydrogens is 424 g/mol. The maximum atomic E-state index is 11.1. The van der Waals surface area contributed by atoms with Gasteiger partial charge in [0, 0.05) is 12.0 Å². The number of para-hydroxylation sites is 1. The highest BCUT2D eigenvalue weighted by Gasteiger charge is 2.26. The van der Waals surface area contributed by atoms with Crippen LogP contribution in [0.3, 0.4) is 0 Å². The number of aromatic carboxylic acids is 1. The van der Waals surface area contributed by atoms with Gasteiger partial charge in [0.15, 0.2) is 6.29 Å². The van der Waals surface area contributed by atoms with Crippen molar-refractivity contribution in [3.05, 3.63) is 65.2 Å². The lowest BCUT2D eigenvalue weighted by atomic mass is 9.98. The predicted molar refractivity (Wildman–Crippen MR) is 110 cm³/mol. The lowest BCUT2D eigenvalue weighted by molar-refractivity contribution is -0.192. The van der Waals surface area contributed by atoms with Crippen molar-refractivity contribution in [2.45, 2.75) is 44.1 Å². The zero-order valence-electron chi connectivity index (χ0n) is 16.0. The summed E-state index contributed by atoms with van der Waals surface area (Å²) in [5.74, 6) is 0.182. The molecule has 1 aliphatic heterocycles. The van der Waals surface area contributed by atoms with Crippen LogP contribution in [-0.4, -0.2) is 22.7 Å². The van der Waals surface area contributed by atoms with Gasteiger partial charge in [0.25, 0.3) is 0 Å². The van der Waals surface area contributed by atoms with Crippen LogP contribution in [0, 0.1) is 5.92 Å². The third-order valence-electron chi connectivity index (χ3n) is 4.54. The molecular formula is C22H25BrO5. The molecule has 1 aliphatic rings. The van der Waals surface area contributed by atoms with Crippen molar-refractivity contribution in [1.82, 2.24) is 0 Å². The fourth-order valence-electron chi connectivity index (χ4n) is 3.13. The van der Waals surface area contributed by atoms with Gasteiger partial charge < -0.3 is 19.3 Å². The van der Waals surface area contributed by atoms with E-state index >= 15 is 0 Å². The Hall–Kier alpha value is -1.89. The standard InChI is InChI=1S/C22H25BrO5/c1-14(2)13-19(15-7-9-16(10-8-15)21(24)25)27-18-6-4-3-5-17(18)22-26-12-11-20(23)28-22/h3-10,14,19-20,22H,11-13H2,1-2H3,(H,24,25). The fraction of sp³-hybridized carbons (Fsp3) is 0.409. The second-order valence-electron chi connectivity index (χ2n) is 7.24. The van der Waals surface area contributed by atoms with E-state index in [1.165, 1.54) is 0 Å². The summed E-state index contributed by atoms with van der Waals surface area (Å²) in [4.78, 5) is 11.1. The van der Waals surface area contributed by atoms with Crippen molar-refractivity contribution in [1.29, 1.82) is 0 Å². The number of ether oxygens (including phenoxy) is 3. The molecule has 0 aromatic heterocycles. The average Bonchev–Trinajstić information content (AvgIpc) is 2.67. The number of carbonyl (C=O) groups is 1. The second kappa shape index (κ2) is 9.54. The molecule has 0 saturated carbocycles. The number of hydrogen-bond donors (Lipinski definition) is 1. The number of halogens is 1. The molecule has 0 spiro atoms. The van der Waals surface area contributed by atoms with Gasteiger partial charge in [-0.15, -0.1) is 0 Å². The van der Waals surface area contributed by atoms with Gasteiger partial charge in [0.2, 0.25) is 0 Å². The van der Waals surface area contributed by atoms with Crippen LogP contribution in [0.1, 0.15) is 60.6 Å². The lowest BCUT2D eigenvalue weighted by Crippen LogP contribution is -2.23. The Morgan fingerprint density at radius 1 is 1.21 bits per heavy atom. The molecule has 2 aromatic carbocycles. The van der Waals surface area contributed by atoms with Crippen LogP contribution in [-0.2, 0) is 9.47 Å². The summed E-state index contributed by atoms with van der Waals surface area (Å²) in [6.45, 7) is 4.88. The van der Waals surface area contributed by atoms with Crippen molar-refractivity contribution in [3.8, 4) is 5.75 Å². The molecule has 0 amide bonds. The lowest BCUT2D eigenvalue weighted by Gasteiger charge is -2.30. The SMILES string of the molecule is CC(C)CC(Oc1ccccc1C1OCCC(Br)O1)c1ccc(C(=O)O)cc1. The first-order chi connectivity index (χ1) is 13.4. The van der Waals surface area contributed by atoms with E-state index in [0.29, 0.717) is 18.3 Å². The maximum Gasteiger partial charge on any atom is 0.335 e. The highest BCUT2D eigenvalue weighted by atomic mass is 79.9. The number of carboxylic acid groups (broad SMARTS) is 1. The molecule has 6 heteroatoms. The van der Waals surface area contributed by atoms with Gasteiger partial charge >= 0.3 is 5.97 Å². The highest BCUT2D eigenvalue weighted by molar-refractivity contribution is 9.09. The minimum absolute atomic E-state index is 0.0469. The molecule has 5 nitrogen and oxygen atoms in total. The summed E-state index contributed by atoms with van der Waals surface area (Å²) in [5.41, 5.74) is 2.06. The fourth-order valence-corrected chi connectivity index (χ4v) is 3.51. The van der Waals surface area contributed by atoms with Gasteiger partial charge in [-0.2, -0.15) is 0 Å². The Labute approximate surface area is 173 Å². The molecule has 0 bridgehead atoms. The Kier molecular flexibility index (Phi) is 7.10. The summed E-state index contributed by atoms with van der Waals surface area (Å²) < 4.78 is 18.1. The third-order valence-corrected chi connectivity index (χ3v) is 5.22. The Balaban J connectivity index is 1.86. The molecule has 1 saturated heterocycles. The quantitative estimate of drug-likeness (QED) is 0.549. The summed E-state index contributed by atoms with van der Waals surface area (Å²) in [6, 6.07) is 14.6. The van der Waals surface area contributed by atoms with Crippen molar-refractivity contribution >= 4 is 21.9 Å². The van der Waals surface area contributed by atoms with Crippen LogP contribution in [0.4, 0.5) is 0 Å². The van der Waals surface area contributed by atoms with Gasteiger partial charge in [-0.05, 0) is 36.1 Å². The van der Waals surface area contributed by atoms with Crippen molar-refractivity contribution in [3.63, 3.8) is 0 Å². The number of hydrogen-bond acceptors (Lipinski definition) is 4. The zero-order chi connectivity index (χ0) is 20.1. The number of rotatable bonds is 7. The highest BCUT2D eigenvalue weighted by Crippen LogP contribution is 2.37. The normalized spacial score (nSPS) is 20.7. The molecule has 3 atom stereocenters. The van der Waals surface area contributed by atoms with E-state index in [9.17, 15) is 4.79 Å². The maximum absolute atomic E-state index is 11.1. The van der Waals surface area contributed by atoms with Gasteiger partial charge in [-0.25, -0.2) is 4.79 Å². The summed E-state index contributed by atoms with van der Waals surface area (Å²) in [5, 5.41) is 9.09. The van der Waals surface area contributed by atoms with Crippen LogP contribution < -0.4 is 4.74 Å². The monoisotopic (exact) mass is 448 g/mol. The van der Waals surface area contributed by atoms with Gasteiger partial charge in [0.1, 0.15) is 16.9 Å². The summed E-state index contributed by atoms with van der Waals surface area (Å²) in [6.07, 6.45) is 0.912. The first-order valence-electron chi connectivity index (χ1n) is 9.44. The average molecular weight is 449 g/mol. The minimum Gasteiger partial charge on any atom is -0.485 e. The number of alkyl halides is 1. The van der Waals surface area contributed by atoms with E-state index in [4.69, 9.17) is 19.3 Å². The van der Waals surface area contributed by atoms with Crippen molar-refractivity contribution in [2.24, 2.45) is 5.92 Å². The van der Waals surface area contributed by atoms with E-state index < -0.39 is 12.3 Å². The molecule has 150 valence electrons. The number of carboxylic acids is 1. The van der Waals surface area contributed by atoms with Crippen LogP contribution in [0.5, 0.6) is 5.75 Å². The van der Waals surface area contributed by atoms with E-state index in [-0.39, 0.29) is 16.7 Å². The Morgan fingerprint density at radius 3 is 2.57 bits per heavy atom. The summed E-state index contributed by atoms with van der Waals surface area (Å²) in [7, 11) is 0. The molecule has 3 unspecified atom stereocenters. The first-order valence-corrected chi connectivity index (χ1v) is 10.4. The third kappa shape index (κ3) is 5.34. The topological polar surface area (TPSA) is 65.0 Å². The molecule has 0 aliphatic carbocycles. The smallest absolute Gasteiger partial charge is 0.335 e. The first kappa shape index (κ1) is 20.8. The molecule has 1 fully saturated rings. The van der Waals surface area contributed by atoms with E-state index in [2.05, 4.69) is 29.8 Å². The Bertz CT molecular complexity index is 790. The predicted octanol–water partition coefficient (Wildman–Crippen LogP) is 5.71.